The Kier molecular flexibility index (Phi) is 3.55. The predicted molar refractivity (Wildman–Crippen MR) is 80.2 cm³/mol. The van der Waals surface area contributed by atoms with Gasteiger partial charge < -0.3 is 4.90 Å². The van der Waals surface area contributed by atoms with Gasteiger partial charge in [-0.1, -0.05) is 42.7 Å². The molecule has 1 saturated heterocycles. The fourth-order valence-electron chi connectivity index (χ4n) is 3.26. The van der Waals surface area contributed by atoms with Crippen molar-refractivity contribution < 1.29 is 4.79 Å². The summed E-state index contributed by atoms with van der Waals surface area (Å²) in [5.74, 6) is 1.08. The molecule has 0 bridgehead atoms. The molecule has 1 aliphatic heterocycles. The van der Waals surface area contributed by atoms with Crippen LogP contribution in [0.15, 0.2) is 24.3 Å². The van der Waals surface area contributed by atoms with Gasteiger partial charge in [0.1, 0.15) is 6.17 Å². The molecule has 1 saturated carbocycles. The van der Waals surface area contributed by atoms with E-state index >= 15 is 0 Å². The largest absolute Gasteiger partial charge is 0.319 e. The average Bonchev–Trinajstić information content (AvgIpc) is 3.16. The van der Waals surface area contributed by atoms with Gasteiger partial charge in [0, 0.05) is 6.04 Å². The van der Waals surface area contributed by atoms with E-state index in [0.717, 1.165) is 12.3 Å². The number of carbonyl (C=O) groups excluding carboxylic acids is 1. The molecule has 3 atom stereocenters. The molecule has 1 N–H and O–H groups in total. The SMILES string of the molecule is Cc1cccc(C2NC(C)C(=O)N2C(C)CC2CC2)c1. The molecule has 1 aliphatic carbocycles. The highest BCUT2D eigenvalue weighted by Gasteiger charge is 2.41. The van der Waals surface area contributed by atoms with E-state index in [1.54, 1.807) is 0 Å². The van der Waals surface area contributed by atoms with E-state index in [2.05, 4.69) is 48.3 Å². The minimum Gasteiger partial charge on any atom is -0.319 e. The van der Waals surface area contributed by atoms with Gasteiger partial charge in [-0.25, -0.2) is 0 Å². The molecule has 2 aliphatic rings. The Balaban J connectivity index is 1.85. The van der Waals surface area contributed by atoms with Crippen LogP contribution in [0.3, 0.4) is 0 Å². The third kappa shape index (κ3) is 2.59. The molecule has 20 heavy (non-hydrogen) atoms. The predicted octanol–water partition coefficient (Wildman–Crippen LogP) is 3.00. The molecule has 0 spiro atoms. The van der Waals surface area contributed by atoms with Gasteiger partial charge in [0.05, 0.1) is 6.04 Å². The zero-order valence-electron chi connectivity index (χ0n) is 12.6. The zero-order valence-corrected chi connectivity index (χ0v) is 12.6. The highest BCUT2D eigenvalue weighted by Crippen LogP contribution is 2.37. The van der Waals surface area contributed by atoms with E-state index in [0.29, 0.717) is 6.04 Å². The van der Waals surface area contributed by atoms with Crippen LogP contribution in [0.5, 0.6) is 0 Å². The maximum absolute atomic E-state index is 12.5. The molecule has 1 aromatic rings. The van der Waals surface area contributed by atoms with E-state index < -0.39 is 0 Å². The summed E-state index contributed by atoms with van der Waals surface area (Å²) in [6, 6.07) is 8.71. The summed E-state index contributed by atoms with van der Waals surface area (Å²) in [5.41, 5.74) is 2.44. The normalized spacial score (nSPS) is 27.9. The fraction of sp³-hybridized carbons (Fsp3) is 0.588. The second kappa shape index (κ2) is 5.21. The summed E-state index contributed by atoms with van der Waals surface area (Å²) in [4.78, 5) is 14.5. The Morgan fingerprint density at radius 3 is 2.80 bits per heavy atom. The van der Waals surface area contributed by atoms with Crippen LogP contribution in [0.1, 0.15) is 50.4 Å². The lowest BCUT2D eigenvalue weighted by Gasteiger charge is -2.31. The van der Waals surface area contributed by atoms with Crippen LogP contribution in [0.2, 0.25) is 0 Å². The van der Waals surface area contributed by atoms with Crippen molar-refractivity contribution in [1.29, 1.82) is 0 Å². The van der Waals surface area contributed by atoms with Gasteiger partial charge in [0.2, 0.25) is 5.91 Å². The van der Waals surface area contributed by atoms with Crippen LogP contribution < -0.4 is 5.32 Å². The molecular formula is C17H24N2O. The number of aryl methyl sites for hydroxylation is 1. The Morgan fingerprint density at radius 1 is 1.40 bits per heavy atom. The number of amides is 1. The lowest BCUT2D eigenvalue weighted by Crippen LogP contribution is -2.38. The highest BCUT2D eigenvalue weighted by molar-refractivity contribution is 5.84. The molecule has 108 valence electrons. The van der Waals surface area contributed by atoms with Crippen molar-refractivity contribution in [1.82, 2.24) is 10.2 Å². The first-order valence-corrected chi connectivity index (χ1v) is 7.71. The summed E-state index contributed by atoms with van der Waals surface area (Å²) in [6.45, 7) is 6.26. The van der Waals surface area contributed by atoms with Crippen LogP contribution in [0.25, 0.3) is 0 Å². The summed E-state index contributed by atoms with van der Waals surface area (Å²) >= 11 is 0. The summed E-state index contributed by atoms with van der Waals surface area (Å²) in [5, 5.41) is 3.45. The first-order chi connectivity index (χ1) is 9.56. The molecule has 3 unspecified atom stereocenters. The average molecular weight is 272 g/mol. The number of carbonyl (C=O) groups is 1. The molecule has 3 nitrogen and oxygen atoms in total. The minimum atomic E-state index is -0.0813. The Morgan fingerprint density at radius 2 is 2.15 bits per heavy atom. The van der Waals surface area contributed by atoms with Crippen molar-refractivity contribution in [2.24, 2.45) is 5.92 Å². The number of hydrogen-bond donors (Lipinski definition) is 1. The zero-order chi connectivity index (χ0) is 14.3. The molecule has 1 aromatic carbocycles. The lowest BCUT2D eigenvalue weighted by molar-refractivity contribution is -0.132. The van der Waals surface area contributed by atoms with Crippen LogP contribution >= 0.6 is 0 Å². The Labute approximate surface area is 121 Å². The summed E-state index contributed by atoms with van der Waals surface area (Å²) in [7, 11) is 0. The van der Waals surface area contributed by atoms with Gasteiger partial charge in [-0.3, -0.25) is 10.1 Å². The van der Waals surface area contributed by atoms with Gasteiger partial charge in [-0.15, -0.1) is 0 Å². The number of hydrogen-bond acceptors (Lipinski definition) is 2. The van der Waals surface area contributed by atoms with Gasteiger partial charge in [0.15, 0.2) is 0 Å². The summed E-state index contributed by atoms with van der Waals surface area (Å²) in [6.07, 6.45) is 3.85. The van der Waals surface area contributed by atoms with Crippen molar-refractivity contribution in [2.45, 2.75) is 58.3 Å². The van der Waals surface area contributed by atoms with Crippen molar-refractivity contribution in [3.05, 3.63) is 35.4 Å². The third-order valence-electron chi connectivity index (χ3n) is 4.52. The number of rotatable bonds is 4. The van der Waals surface area contributed by atoms with E-state index in [-0.39, 0.29) is 18.1 Å². The second-order valence-electron chi connectivity index (χ2n) is 6.48. The quantitative estimate of drug-likeness (QED) is 0.914. The standard InChI is InChI=1S/C17H24N2O/c1-11-5-4-6-15(9-11)16-18-13(3)17(20)19(16)12(2)10-14-7-8-14/h4-6,9,12-14,16,18H,7-8,10H2,1-3H3. The van der Waals surface area contributed by atoms with E-state index in [4.69, 9.17) is 0 Å². The van der Waals surface area contributed by atoms with Gasteiger partial charge in [0.25, 0.3) is 0 Å². The maximum atomic E-state index is 12.5. The Hall–Kier alpha value is -1.35. The van der Waals surface area contributed by atoms with Gasteiger partial charge in [-0.05, 0) is 38.7 Å². The molecule has 3 rings (SSSR count). The van der Waals surface area contributed by atoms with Crippen molar-refractivity contribution in [2.75, 3.05) is 0 Å². The van der Waals surface area contributed by atoms with Crippen LogP contribution in [0, 0.1) is 12.8 Å². The van der Waals surface area contributed by atoms with Crippen LogP contribution in [-0.2, 0) is 4.79 Å². The molecule has 2 fully saturated rings. The number of nitrogens with one attached hydrogen (secondary N) is 1. The van der Waals surface area contributed by atoms with E-state index in [9.17, 15) is 4.79 Å². The van der Waals surface area contributed by atoms with Crippen LogP contribution in [0.4, 0.5) is 0 Å². The molecule has 3 heteroatoms. The molecule has 0 aromatic heterocycles. The number of nitrogens with zero attached hydrogens (tertiary/aromatic N) is 1. The second-order valence-corrected chi connectivity index (χ2v) is 6.48. The van der Waals surface area contributed by atoms with Gasteiger partial charge >= 0.3 is 0 Å². The summed E-state index contributed by atoms with van der Waals surface area (Å²) < 4.78 is 0. The lowest BCUT2D eigenvalue weighted by atomic mass is 10.1. The molecule has 1 amide bonds. The van der Waals surface area contributed by atoms with Crippen LogP contribution in [-0.4, -0.2) is 22.9 Å². The maximum Gasteiger partial charge on any atom is 0.241 e. The minimum absolute atomic E-state index is 0.0335. The molecule has 1 heterocycles. The van der Waals surface area contributed by atoms with Crippen molar-refractivity contribution >= 4 is 5.91 Å². The molecule has 0 radical (unpaired) electrons. The van der Waals surface area contributed by atoms with E-state index in [1.165, 1.54) is 24.0 Å². The smallest absolute Gasteiger partial charge is 0.241 e. The van der Waals surface area contributed by atoms with Gasteiger partial charge in [-0.2, -0.15) is 0 Å². The van der Waals surface area contributed by atoms with Crippen molar-refractivity contribution in [3.63, 3.8) is 0 Å². The third-order valence-corrected chi connectivity index (χ3v) is 4.52. The first kappa shape index (κ1) is 13.6. The molecular weight excluding hydrogens is 248 g/mol. The monoisotopic (exact) mass is 272 g/mol. The number of benzene rings is 1. The first-order valence-electron chi connectivity index (χ1n) is 7.71. The fourth-order valence-corrected chi connectivity index (χ4v) is 3.26. The topological polar surface area (TPSA) is 32.3 Å². The van der Waals surface area contributed by atoms with E-state index in [1.807, 2.05) is 6.92 Å². The Bertz CT molecular complexity index is 509. The van der Waals surface area contributed by atoms with Crippen molar-refractivity contribution in [3.8, 4) is 0 Å². The highest BCUT2D eigenvalue weighted by atomic mass is 16.2.